The van der Waals surface area contributed by atoms with E-state index in [4.69, 9.17) is 9.47 Å². The average molecular weight is 396 g/mol. The number of carbonyl (C=O) groups is 1. The van der Waals surface area contributed by atoms with Crippen molar-refractivity contribution in [3.8, 4) is 5.75 Å². The van der Waals surface area contributed by atoms with Crippen LogP contribution in [-0.2, 0) is 11.2 Å². The minimum atomic E-state index is -0.475. The second-order valence-electron chi connectivity index (χ2n) is 8.43. The summed E-state index contributed by atoms with van der Waals surface area (Å²) in [7, 11) is 0. The summed E-state index contributed by atoms with van der Waals surface area (Å²) >= 11 is 0. The summed E-state index contributed by atoms with van der Waals surface area (Å²) in [6.07, 6.45) is 5.73. The summed E-state index contributed by atoms with van der Waals surface area (Å²) in [5, 5.41) is 0. The van der Waals surface area contributed by atoms with Crippen molar-refractivity contribution in [3.05, 3.63) is 65.7 Å². The maximum absolute atomic E-state index is 12.3. The number of piperidine rings is 1. The predicted molar refractivity (Wildman–Crippen MR) is 116 cm³/mol. The van der Waals surface area contributed by atoms with Crippen molar-refractivity contribution in [1.29, 1.82) is 0 Å². The van der Waals surface area contributed by atoms with Crippen molar-refractivity contribution in [1.82, 2.24) is 4.90 Å². The molecule has 0 aliphatic carbocycles. The molecule has 4 heteroatoms. The quantitative estimate of drug-likeness (QED) is 0.527. The molecule has 4 nitrogen and oxygen atoms in total. The largest absolute Gasteiger partial charge is 0.494 e. The Morgan fingerprint density at radius 2 is 1.59 bits per heavy atom. The van der Waals surface area contributed by atoms with Crippen LogP contribution in [0.3, 0.4) is 0 Å². The molecule has 0 spiro atoms. The van der Waals surface area contributed by atoms with Gasteiger partial charge in [0.2, 0.25) is 0 Å². The first kappa shape index (κ1) is 21.2. The number of rotatable bonds is 8. The van der Waals surface area contributed by atoms with Crippen LogP contribution in [0.2, 0.25) is 0 Å². The molecule has 0 atom stereocenters. The zero-order valence-corrected chi connectivity index (χ0v) is 17.7. The van der Waals surface area contributed by atoms with Gasteiger partial charge in [0.15, 0.2) is 0 Å². The maximum atomic E-state index is 12.3. The molecule has 2 aromatic carbocycles. The van der Waals surface area contributed by atoms with Crippen molar-refractivity contribution in [2.45, 2.75) is 58.0 Å². The number of ether oxygens (including phenoxy) is 2. The van der Waals surface area contributed by atoms with E-state index in [0.29, 0.717) is 6.61 Å². The van der Waals surface area contributed by atoms with E-state index in [1.807, 2.05) is 36.9 Å². The highest BCUT2D eigenvalue weighted by Gasteiger charge is 2.26. The van der Waals surface area contributed by atoms with Gasteiger partial charge < -0.3 is 14.4 Å². The van der Waals surface area contributed by atoms with Gasteiger partial charge in [-0.2, -0.15) is 0 Å². The van der Waals surface area contributed by atoms with Crippen LogP contribution in [0.15, 0.2) is 54.6 Å². The molecule has 1 aliphatic heterocycles. The summed E-state index contributed by atoms with van der Waals surface area (Å²) in [5.41, 5.74) is 2.11. The molecule has 0 saturated carbocycles. The molecule has 0 N–H and O–H groups in total. The fraction of sp³-hybridized carbons (Fsp3) is 0.480. The molecule has 2 aromatic rings. The van der Waals surface area contributed by atoms with Gasteiger partial charge in [-0.3, -0.25) is 0 Å². The summed E-state index contributed by atoms with van der Waals surface area (Å²) < 4.78 is 11.6. The van der Waals surface area contributed by atoms with E-state index >= 15 is 0 Å². The minimum Gasteiger partial charge on any atom is -0.494 e. The van der Waals surface area contributed by atoms with E-state index in [1.54, 1.807) is 0 Å². The van der Waals surface area contributed by atoms with E-state index in [1.165, 1.54) is 17.5 Å². The maximum Gasteiger partial charge on any atom is 0.410 e. The Hall–Kier alpha value is -2.49. The molecule has 1 aliphatic rings. The third kappa shape index (κ3) is 7.12. The summed E-state index contributed by atoms with van der Waals surface area (Å²) in [6.45, 7) is 6.21. The number of hydrogen-bond donors (Lipinski definition) is 0. The van der Waals surface area contributed by atoms with Crippen molar-refractivity contribution in [3.63, 3.8) is 0 Å². The van der Waals surface area contributed by atoms with Crippen molar-refractivity contribution in [2.75, 3.05) is 19.7 Å². The smallest absolute Gasteiger partial charge is 0.410 e. The molecule has 1 fully saturated rings. The Bertz CT molecular complexity index is 749. The highest BCUT2D eigenvalue weighted by molar-refractivity contribution is 5.68. The summed E-state index contributed by atoms with van der Waals surface area (Å²) in [6, 6.07) is 18.8. The van der Waals surface area contributed by atoms with Crippen LogP contribution in [0.25, 0.3) is 0 Å². The van der Waals surface area contributed by atoms with Crippen molar-refractivity contribution < 1.29 is 14.3 Å². The lowest BCUT2D eigenvalue weighted by molar-refractivity contribution is 0.00276. The first-order valence-corrected chi connectivity index (χ1v) is 10.8. The van der Waals surface area contributed by atoms with Crippen LogP contribution in [0, 0.1) is 0 Å². The van der Waals surface area contributed by atoms with Gasteiger partial charge in [-0.05, 0) is 75.6 Å². The highest BCUT2D eigenvalue weighted by atomic mass is 16.6. The van der Waals surface area contributed by atoms with Crippen LogP contribution in [0.1, 0.15) is 57.1 Å². The zero-order chi connectivity index (χ0) is 20.5. The zero-order valence-electron chi connectivity index (χ0n) is 17.7. The van der Waals surface area contributed by atoms with Crippen LogP contribution in [0.4, 0.5) is 4.79 Å². The first-order chi connectivity index (χ1) is 14.0. The van der Waals surface area contributed by atoms with E-state index in [0.717, 1.165) is 50.9 Å². The van der Waals surface area contributed by atoms with Crippen LogP contribution in [0.5, 0.6) is 5.75 Å². The molecule has 1 heterocycles. The van der Waals surface area contributed by atoms with E-state index < -0.39 is 5.60 Å². The molecule has 29 heavy (non-hydrogen) atoms. The first-order valence-electron chi connectivity index (χ1n) is 10.8. The molecule has 0 bridgehead atoms. The fourth-order valence-corrected chi connectivity index (χ4v) is 3.65. The van der Waals surface area contributed by atoms with Crippen LogP contribution in [-0.4, -0.2) is 36.3 Å². The lowest BCUT2D eigenvalue weighted by Crippen LogP contribution is -2.40. The minimum absolute atomic E-state index is 0.176. The Morgan fingerprint density at radius 1 is 0.931 bits per heavy atom. The van der Waals surface area contributed by atoms with Crippen LogP contribution >= 0.6 is 0 Å². The van der Waals surface area contributed by atoms with Crippen molar-refractivity contribution in [2.24, 2.45) is 0 Å². The van der Waals surface area contributed by atoms with Gasteiger partial charge >= 0.3 is 6.09 Å². The second kappa shape index (κ2) is 10.3. The molecular formula is C25H33NO3. The Labute approximate surface area is 174 Å². The third-order valence-electron chi connectivity index (χ3n) is 5.34. The SMILES string of the molecule is CC(C)(CCCOc1ccc(Cc2ccccc2)cc1)OC(=O)N1CCCCC1. The Balaban J connectivity index is 1.37. The van der Waals surface area contributed by atoms with E-state index in [-0.39, 0.29) is 6.09 Å². The standard InChI is InChI=1S/C25H33NO3/c1-25(2,29-24(27)26-17-7-4-8-18-26)16-9-19-28-23-14-12-22(13-15-23)20-21-10-5-3-6-11-21/h3,5-6,10-15H,4,7-9,16-20H2,1-2H3. The van der Waals surface area contributed by atoms with Crippen molar-refractivity contribution >= 4 is 6.09 Å². The normalized spacial score (nSPS) is 14.5. The van der Waals surface area contributed by atoms with Gasteiger partial charge in [-0.15, -0.1) is 0 Å². The van der Waals surface area contributed by atoms with Gasteiger partial charge in [0.1, 0.15) is 11.4 Å². The highest BCUT2D eigenvalue weighted by Crippen LogP contribution is 2.21. The average Bonchev–Trinajstić information content (AvgIpc) is 2.73. The van der Waals surface area contributed by atoms with Gasteiger partial charge in [0.25, 0.3) is 0 Å². The summed E-state index contributed by atoms with van der Waals surface area (Å²) in [5.74, 6) is 0.880. The number of carbonyl (C=O) groups excluding carboxylic acids is 1. The topological polar surface area (TPSA) is 38.8 Å². The lowest BCUT2D eigenvalue weighted by Gasteiger charge is -2.31. The predicted octanol–water partition coefficient (Wildman–Crippen LogP) is 5.84. The van der Waals surface area contributed by atoms with Gasteiger partial charge in [-0.25, -0.2) is 4.79 Å². The van der Waals surface area contributed by atoms with Gasteiger partial charge in [0, 0.05) is 13.1 Å². The molecule has 3 rings (SSSR count). The summed E-state index contributed by atoms with van der Waals surface area (Å²) in [4.78, 5) is 14.1. The lowest BCUT2D eigenvalue weighted by atomic mass is 10.0. The number of hydrogen-bond acceptors (Lipinski definition) is 3. The fourth-order valence-electron chi connectivity index (χ4n) is 3.65. The molecule has 156 valence electrons. The molecule has 1 amide bonds. The molecule has 0 aromatic heterocycles. The third-order valence-corrected chi connectivity index (χ3v) is 5.34. The molecular weight excluding hydrogens is 362 g/mol. The van der Waals surface area contributed by atoms with Gasteiger partial charge in [0.05, 0.1) is 6.61 Å². The Kier molecular flexibility index (Phi) is 7.56. The van der Waals surface area contributed by atoms with Crippen LogP contribution < -0.4 is 4.74 Å². The number of amides is 1. The van der Waals surface area contributed by atoms with Gasteiger partial charge in [-0.1, -0.05) is 42.5 Å². The van der Waals surface area contributed by atoms with E-state index in [2.05, 4.69) is 36.4 Å². The molecule has 0 radical (unpaired) electrons. The number of nitrogens with zero attached hydrogens (tertiary/aromatic N) is 1. The molecule has 0 unspecified atom stereocenters. The monoisotopic (exact) mass is 395 g/mol. The second-order valence-corrected chi connectivity index (χ2v) is 8.43. The van der Waals surface area contributed by atoms with E-state index in [9.17, 15) is 4.79 Å². The Morgan fingerprint density at radius 3 is 2.28 bits per heavy atom. The number of benzene rings is 2. The number of likely N-dealkylation sites (tertiary alicyclic amines) is 1. The molecule has 1 saturated heterocycles.